The first-order valence-corrected chi connectivity index (χ1v) is 5.66. The minimum absolute atomic E-state index is 0.0768. The molecule has 1 heterocycles. The molecule has 1 unspecified atom stereocenters. The Labute approximate surface area is 95.6 Å². The molecule has 5 nitrogen and oxygen atoms in total. The number of hydrogen-bond donors (Lipinski definition) is 3. The van der Waals surface area contributed by atoms with Crippen LogP contribution in [0.15, 0.2) is 0 Å². The fourth-order valence-corrected chi connectivity index (χ4v) is 1.78. The first-order chi connectivity index (χ1) is 7.50. The van der Waals surface area contributed by atoms with Crippen LogP contribution in [-0.4, -0.2) is 36.6 Å². The van der Waals surface area contributed by atoms with Crippen molar-refractivity contribution in [2.45, 2.75) is 26.7 Å². The molecule has 0 aromatic rings. The highest BCUT2D eigenvalue weighted by Crippen LogP contribution is 2.28. The average molecular weight is 228 g/mol. The Morgan fingerprint density at radius 1 is 1.62 bits per heavy atom. The number of nitrogens with one attached hydrogen (secondary N) is 2. The maximum atomic E-state index is 12.0. The van der Waals surface area contributed by atoms with Crippen LogP contribution in [0, 0.1) is 11.3 Å². The molecule has 1 aliphatic rings. The van der Waals surface area contributed by atoms with Crippen molar-refractivity contribution in [3.63, 3.8) is 0 Å². The average Bonchev–Trinajstić information content (AvgIpc) is 2.25. The van der Waals surface area contributed by atoms with Gasteiger partial charge in [-0.05, 0) is 12.3 Å². The van der Waals surface area contributed by atoms with Crippen LogP contribution in [0.3, 0.4) is 0 Å². The summed E-state index contributed by atoms with van der Waals surface area (Å²) in [5.74, 6) is -0.0179. The van der Waals surface area contributed by atoms with Gasteiger partial charge in [0.1, 0.15) is 0 Å². The van der Waals surface area contributed by atoms with E-state index in [0.717, 1.165) is 0 Å². The van der Waals surface area contributed by atoms with Gasteiger partial charge in [0.25, 0.3) is 0 Å². The summed E-state index contributed by atoms with van der Waals surface area (Å²) in [5.41, 5.74) is -0.919. The molecule has 1 aliphatic heterocycles. The van der Waals surface area contributed by atoms with Gasteiger partial charge in [-0.25, -0.2) is 0 Å². The molecular formula is C11H20N2O3. The van der Waals surface area contributed by atoms with Crippen LogP contribution in [0.25, 0.3) is 0 Å². The molecule has 0 aliphatic carbocycles. The number of amides is 2. The lowest BCUT2D eigenvalue weighted by atomic mass is 9.78. The Morgan fingerprint density at radius 2 is 2.31 bits per heavy atom. The molecule has 0 saturated carbocycles. The second-order valence-electron chi connectivity index (χ2n) is 4.82. The third-order valence-corrected chi connectivity index (χ3v) is 2.88. The summed E-state index contributed by atoms with van der Waals surface area (Å²) in [5, 5.41) is 14.8. The van der Waals surface area contributed by atoms with E-state index in [4.69, 9.17) is 0 Å². The minimum Gasteiger partial charge on any atom is -0.395 e. The molecule has 2 amide bonds. The summed E-state index contributed by atoms with van der Waals surface area (Å²) in [6.07, 6.45) is 0.576. The van der Waals surface area contributed by atoms with E-state index < -0.39 is 5.41 Å². The molecule has 0 aromatic carbocycles. The Hall–Kier alpha value is -1.10. The number of rotatable bonds is 4. The molecule has 3 N–H and O–H groups in total. The lowest BCUT2D eigenvalue weighted by Gasteiger charge is -2.33. The molecule has 0 spiro atoms. The second kappa shape index (κ2) is 5.30. The van der Waals surface area contributed by atoms with Crippen molar-refractivity contribution in [3.8, 4) is 0 Å². The molecule has 0 aromatic heterocycles. The van der Waals surface area contributed by atoms with E-state index >= 15 is 0 Å². The normalized spacial score (nSPS) is 25.4. The molecule has 1 rings (SSSR count). The fourth-order valence-electron chi connectivity index (χ4n) is 1.78. The predicted octanol–water partition coefficient (Wildman–Crippen LogP) is -0.353. The first-order valence-electron chi connectivity index (χ1n) is 5.66. The van der Waals surface area contributed by atoms with Gasteiger partial charge in [-0.2, -0.15) is 0 Å². The van der Waals surface area contributed by atoms with Crippen molar-refractivity contribution >= 4 is 11.8 Å². The summed E-state index contributed by atoms with van der Waals surface area (Å²) in [4.78, 5) is 23.2. The van der Waals surface area contributed by atoms with E-state index in [1.54, 1.807) is 0 Å². The van der Waals surface area contributed by atoms with Gasteiger partial charge in [0, 0.05) is 19.5 Å². The van der Waals surface area contributed by atoms with Gasteiger partial charge in [-0.1, -0.05) is 13.8 Å². The zero-order valence-electron chi connectivity index (χ0n) is 9.88. The van der Waals surface area contributed by atoms with Crippen molar-refractivity contribution in [3.05, 3.63) is 0 Å². The zero-order valence-corrected chi connectivity index (χ0v) is 9.88. The maximum Gasteiger partial charge on any atom is 0.229 e. The van der Waals surface area contributed by atoms with Crippen molar-refractivity contribution in [2.24, 2.45) is 11.3 Å². The number of aliphatic hydroxyl groups is 1. The van der Waals surface area contributed by atoms with Gasteiger partial charge in [0.15, 0.2) is 0 Å². The highest BCUT2D eigenvalue weighted by molar-refractivity contribution is 5.90. The molecule has 0 radical (unpaired) electrons. The van der Waals surface area contributed by atoms with Crippen molar-refractivity contribution in [1.29, 1.82) is 0 Å². The molecule has 0 bridgehead atoms. The molecule has 1 fully saturated rings. The molecule has 92 valence electrons. The number of piperidine rings is 1. The standard InChI is InChI=1S/C11H20N2O3/c1-8(2)6-13-10(16)11(7-14)3-4-12-9(15)5-11/h8,14H,3-7H2,1-2H3,(H,12,15)(H,13,16). The van der Waals surface area contributed by atoms with Crippen LogP contribution >= 0.6 is 0 Å². The summed E-state index contributed by atoms with van der Waals surface area (Å²) in [6, 6.07) is 0. The topological polar surface area (TPSA) is 78.4 Å². The first kappa shape index (κ1) is 13.0. The number of aliphatic hydroxyl groups excluding tert-OH is 1. The number of hydrogen-bond acceptors (Lipinski definition) is 3. The molecule has 16 heavy (non-hydrogen) atoms. The number of carbonyl (C=O) groups excluding carboxylic acids is 2. The number of carbonyl (C=O) groups is 2. The van der Waals surface area contributed by atoms with E-state index in [9.17, 15) is 14.7 Å². The largest absolute Gasteiger partial charge is 0.395 e. The lowest BCUT2D eigenvalue weighted by molar-refractivity contribution is -0.142. The maximum absolute atomic E-state index is 12.0. The fraction of sp³-hybridized carbons (Fsp3) is 0.818. The third kappa shape index (κ3) is 2.95. The predicted molar refractivity (Wildman–Crippen MR) is 59.6 cm³/mol. The van der Waals surface area contributed by atoms with Crippen LogP contribution in [0.2, 0.25) is 0 Å². The minimum atomic E-state index is -0.919. The molecular weight excluding hydrogens is 208 g/mol. The summed E-state index contributed by atoms with van der Waals surface area (Å²) < 4.78 is 0. The third-order valence-electron chi connectivity index (χ3n) is 2.88. The van der Waals surface area contributed by atoms with Crippen LogP contribution in [0.5, 0.6) is 0 Å². The van der Waals surface area contributed by atoms with Gasteiger partial charge in [-0.3, -0.25) is 9.59 Å². The van der Waals surface area contributed by atoms with Crippen molar-refractivity contribution < 1.29 is 14.7 Å². The van der Waals surface area contributed by atoms with Crippen LogP contribution in [-0.2, 0) is 9.59 Å². The second-order valence-corrected chi connectivity index (χ2v) is 4.82. The van der Waals surface area contributed by atoms with E-state index in [1.807, 2.05) is 13.8 Å². The molecule has 1 atom stereocenters. The Morgan fingerprint density at radius 3 is 2.81 bits per heavy atom. The van der Waals surface area contributed by atoms with E-state index in [1.165, 1.54) is 0 Å². The van der Waals surface area contributed by atoms with Gasteiger partial charge in [-0.15, -0.1) is 0 Å². The van der Waals surface area contributed by atoms with Crippen LogP contribution in [0.1, 0.15) is 26.7 Å². The lowest BCUT2D eigenvalue weighted by Crippen LogP contribution is -2.52. The summed E-state index contributed by atoms with van der Waals surface area (Å²) in [6.45, 7) is 4.75. The Bertz CT molecular complexity index is 278. The van der Waals surface area contributed by atoms with Gasteiger partial charge in [0.05, 0.1) is 12.0 Å². The SMILES string of the molecule is CC(C)CNC(=O)C1(CO)CCNC(=O)C1. The van der Waals surface area contributed by atoms with Gasteiger partial charge >= 0.3 is 0 Å². The summed E-state index contributed by atoms with van der Waals surface area (Å²) in [7, 11) is 0. The highest BCUT2D eigenvalue weighted by atomic mass is 16.3. The smallest absolute Gasteiger partial charge is 0.229 e. The quantitative estimate of drug-likeness (QED) is 0.615. The van der Waals surface area contributed by atoms with E-state index in [2.05, 4.69) is 10.6 Å². The van der Waals surface area contributed by atoms with Crippen LogP contribution < -0.4 is 10.6 Å². The van der Waals surface area contributed by atoms with E-state index in [-0.39, 0.29) is 24.8 Å². The van der Waals surface area contributed by atoms with Crippen molar-refractivity contribution in [1.82, 2.24) is 10.6 Å². The zero-order chi connectivity index (χ0) is 12.2. The van der Waals surface area contributed by atoms with Gasteiger partial charge < -0.3 is 15.7 Å². The van der Waals surface area contributed by atoms with Crippen molar-refractivity contribution in [2.75, 3.05) is 19.7 Å². The van der Waals surface area contributed by atoms with Gasteiger partial charge in [0.2, 0.25) is 11.8 Å². The molecule has 5 heteroatoms. The summed E-state index contributed by atoms with van der Waals surface area (Å²) >= 11 is 0. The van der Waals surface area contributed by atoms with E-state index in [0.29, 0.717) is 25.4 Å². The monoisotopic (exact) mass is 228 g/mol. The highest BCUT2D eigenvalue weighted by Gasteiger charge is 2.42. The Kier molecular flexibility index (Phi) is 4.29. The van der Waals surface area contributed by atoms with Crippen LogP contribution in [0.4, 0.5) is 0 Å². The Balaban J connectivity index is 2.63. The molecule has 1 saturated heterocycles.